The van der Waals surface area contributed by atoms with Gasteiger partial charge in [0.1, 0.15) is 11.6 Å². The van der Waals surface area contributed by atoms with Gasteiger partial charge in [0.15, 0.2) is 0 Å². The number of aromatic nitrogens is 5. The number of nitrogens with zero attached hydrogens (tertiary/aromatic N) is 6. The third-order valence-corrected chi connectivity index (χ3v) is 5.98. The normalized spacial score (nSPS) is 15.5. The fourth-order valence-electron chi connectivity index (χ4n) is 3.53. The predicted octanol–water partition coefficient (Wildman–Crippen LogP) is 1.18. The van der Waals surface area contributed by atoms with E-state index in [1.54, 1.807) is 4.90 Å². The largest absolute Gasteiger partial charge is 0.328 e. The number of piperazine rings is 1. The zero-order chi connectivity index (χ0) is 18.1. The molecule has 7 nitrogen and oxygen atoms in total. The van der Waals surface area contributed by atoms with Gasteiger partial charge in [-0.05, 0) is 34.7 Å². The van der Waals surface area contributed by atoms with E-state index in [4.69, 9.17) is 4.98 Å². The number of para-hydroxylation sites is 2. The summed E-state index contributed by atoms with van der Waals surface area (Å²) in [6.45, 7) is 4.97. The quantitative estimate of drug-likeness (QED) is 0.578. The van der Waals surface area contributed by atoms with Crippen LogP contribution in [0.1, 0.15) is 5.01 Å². The molecule has 0 atom stereocenters. The maximum absolute atomic E-state index is 4.78. The Bertz CT molecular complexity index is 1000. The molecule has 4 aromatic rings. The average Bonchev–Trinajstić information content (AvgIpc) is 3.36. The summed E-state index contributed by atoms with van der Waals surface area (Å²) in [5, 5.41) is 13.5. The summed E-state index contributed by atoms with van der Waals surface area (Å²) in [5.74, 6) is 0.820. The van der Waals surface area contributed by atoms with Gasteiger partial charge in [0.05, 0.1) is 42.1 Å². The molecule has 5 rings (SSSR count). The number of fused-ring (bicyclic) bond motifs is 1. The molecule has 3 heterocycles. The molecule has 1 aliphatic heterocycles. The van der Waals surface area contributed by atoms with Crippen LogP contribution in [0.5, 0.6) is 0 Å². The highest BCUT2D eigenvalue weighted by Gasteiger charge is 2.25. The van der Waals surface area contributed by atoms with E-state index in [-0.39, 0.29) is 0 Å². The second-order valence-electron chi connectivity index (χ2n) is 6.72. The Morgan fingerprint density at radius 2 is 1.74 bits per heavy atom. The van der Waals surface area contributed by atoms with Crippen LogP contribution in [0.3, 0.4) is 0 Å². The van der Waals surface area contributed by atoms with Crippen molar-refractivity contribution in [3.8, 4) is 5.69 Å². The van der Waals surface area contributed by atoms with Crippen molar-refractivity contribution in [3.63, 3.8) is 0 Å². The minimum Gasteiger partial charge on any atom is -0.328 e. The SMILES string of the molecule is c1ccc(-n2nnnc2N2CC[NH+](Cc3nc4ccccc4s3)CC2)cc1. The van der Waals surface area contributed by atoms with E-state index in [1.807, 2.05) is 52.4 Å². The fourth-order valence-corrected chi connectivity index (χ4v) is 4.56. The van der Waals surface area contributed by atoms with Crippen LogP contribution >= 0.6 is 11.3 Å². The van der Waals surface area contributed by atoms with Crippen LogP contribution in [0.2, 0.25) is 0 Å². The number of anilines is 1. The van der Waals surface area contributed by atoms with Gasteiger partial charge in [-0.25, -0.2) is 4.98 Å². The molecule has 8 heteroatoms. The first-order valence-electron chi connectivity index (χ1n) is 9.13. The molecular formula is C19H20N7S+. The second kappa shape index (κ2) is 7.05. The molecule has 2 aromatic heterocycles. The number of tetrazole rings is 1. The second-order valence-corrected chi connectivity index (χ2v) is 7.83. The van der Waals surface area contributed by atoms with Gasteiger partial charge < -0.3 is 9.80 Å². The molecule has 1 saturated heterocycles. The lowest BCUT2D eigenvalue weighted by Gasteiger charge is -2.31. The average molecular weight is 378 g/mol. The monoisotopic (exact) mass is 378 g/mol. The zero-order valence-electron chi connectivity index (χ0n) is 14.8. The van der Waals surface area contributed by atoms with Crippen molar-refractivity contribution in [2.45, 2.75) is 6.54 Å². The van der Waals surface area contributed by atoms with Crippen molar-refractivity contribution < 1.29 is 4.90 Å². The number of benzene rings is 2. The molecule has 0 amide bonds. The number of hydrogen-bond acceptors (Lipinski definition) is 6. The van der Waals surface area contributed by atoms with Crippen molar-refractivity contribution >= 4 is 27.5 Å². The van der Waals surface area contributed by atoms with Crippen molar-refractivity contribution in [1.29, 1.82) is 0 Å². The molecule has 0 bridgehead atoms. The molecular weight excluding hydrogens is 358 g/mol. The van der Waals surface area contributed by atoms with E-state index in [9.17, 15) is 0 Å². The maximum atomic E-state index is 4.78. The highest BCUT2D eigenvalue weighted by atomic mass is 32.1. The molecule has 2 aromatic carbocycles. The smallest absolute Gasteiger partial charge is 0.250 e. The standard InChI is InChI=1S/C19H19N7S/c1-2-6-15(7-3-1)26-19(21-22-23-26)25-12-10-24(11-13-25)14-18-20-16-8-4-5-9-17(16)27-18/h1-9H,10-14H2/p+1. The third kappa shape index (κ3) is 3.29. The molecule has 0 radical (unpaired) electrons. The highest BCUT2D eigenvalue weighted by molar-refractivity contribution is 7.18. The zero-order valence-corrected chi connectivity index (χ0v) is 15.6. The van der Waals surface area contributed by atoms with Gasteiger partial charge in [-0.2, -0.15) is 4.68 Å². The van der Waals surface area contributed by atoms with E-state index in [1.165, 1.54) is 9.71 Å². The lowest BCUT2D eigenvalue weighted by molar-refractivity contribution is -0.914. The van der Waals surface area contributed by atoms with Crippen molar-refractivity contribution in [2.75, 3.05) is 31.1 Å². The summed E-state index contributed by atoms with van der Waals surface area (Å²) < 4.78 is 3.09. The Labute approximate surface area is 160 Å². The summed E-state index contributed by atoms with van der Waals surface area (Å²) in [4.78, 5) is 8.61. The van der Waals surface area contributed by atoms with Crippen LogP contribution < -0.4 is 9.80 Å². The molecule has 1 N–H and O–H groups in total. The highest BCUT2D eigenvalue weighted by Crippen LogP contribution is 2.21. The maximum Gasteiger partial charge on any atom is 0.250 e. The third-order valence-electron chi connectivity index (χ3n) is 4.95. The summed E-state index contributed by atoms with van der Waals surface area (Å²) in [5.41, 5.74) is 2.10. The van der Waals surface area contributed by atoms with Crippen LogP contribution in [0, 0.1) is 0 Å². The summed E-state index contributed by atoms with van der Waals surface area (Å²) in [6.07, 6.45) is 0. The molecule has 0 saturated carbocycles. The topological polar surface area (TPSA) is 64.2 Å². The summed E-state index contributed by atoms with van der Waals surface area (Å²) in [6, 6.07) is 18.4. The Morgan fingerprint density at radius 3 is 2.56 bits per heavy atom. The van der Waals surface area contributed by atoms with Crippen molar-refractivity contribution in [1.82, 2.24) is 25.2 Å². The first kappa shape index (κ1) is 16.3. The Kier molecular flexibility index (Phi) is 4.27. The van der Waals surface area contributed by atoms with Crippen LogP contribution in [-0.2, 0) is 6.54 Å². The van der Waals surface area contributed by atoms with E-state index in [0.717, 1.165) is 49.9 Å². The Balaban J connectivity index is 1.26. The van der Waals surface area contributed by atoms with Crippen LogP contribution in [0.15, 0.2) is 54.6 Å². The predicted molar refractivity (Wildman–Crippen MR) is 105 cm³/mol. The number of nitrogens with one attached hydrogen (secondary N) is 1. The molecule has 1 fully saturated rings. The first-order valence-corrected chi connectivity index (χ1v) is 9.95. The first-order chi connectivity index (χ1) is 13.4. The van der Waals surface area contributed by atoms with Crippen molar-refractivity contribution in [2.24, 2.45) is 0 Å². The van der Waals surface area contributed by atoms with Gasteiger partial charge in [-0.15, -0.1) is 11.3 Å². The summed E-state index contributed by atoms with van der Waals surface area (Å²) >= 11 is 1.81. The number of quaternary nitrogens is 1. The van der Waals surface area contributed by atoms with Gasteiger partial charge in [0.2, 0.25) is 0 Å². The number of thiazole rings is 1. The molecule has 0 aliphatic carbocycles. The van der Waals surface area contributed by atoms with E-state index >= 15 is 0 Å². The minimum atomic E-state index is 0.820. The minimum absolute atomic E-state index is 0.820. The molecule has 0 unspecified atom stereocenters. The van der Waals surface area contributed by atoms with Gasteiger partial charge >= 0.3 is 0 Å². The van der Waals surface area contributed by atoms with Gasteiger partial charge in [0.25, 0.3) is 5.95 Å². The molecule has 1 aliphatic rings. The lowest BCUT2D eigenvalue weighted by atomic mass is 10.3. The molecule has 27 heavy (non-hydrogen) atoms. The van der Waals surface area contributed by atoms with Gasteiger partial charge in [-0.3, -0.25) is 0 Å². The van der Waals surface area contributed by atoms with Crippen LogP contribution in [-0.4, -0.2) is 51.4 Å². The fraction of sp³-hybridized carbons (Fsp3) is 0.263. The lowest BCUT2D eigenvalue weighted by Crippen LogP contribution is -3.13. The Hall–Kier alpha value is -2.84. The van der Waals surface area contributed by atoms with Crippen molar-refractivity contribution in [3.05, 3.63) is 59.6 Å². The van der Waals surface area contributed by atoms with E-state index in [2.05, 4.69) is 38.6 Å². The Morgan fingerprint density at radius 1 is 0.963 bits per heavy atom. The number of rotatable bonds is 4. The van der Waals surface area contributed by atoms with Crippen LogP contribution in [0.4, 0.5) is 5.95 Å². The molecule has 0 spiro atoms. The van der Waals surface area contributed by atoms with E-state index in [0.29, 0.717) is 0 Å². The van der Waals surface area contributed by atoms with E-state index < -0.39 is 0 Å². The number of hydrogen-bond donors (Lipinski definition) is 1. The van der Waals surface area contributed by atoms with Gasteiger partial charge in [-0.1, -0.05) is 35.4 Å². The van der Waals surface area contributed by atoms with Gasteiger partial charge in [0, 0.05) is 0 Å². The summed E-state index contributed by atoms with van der Waals surface area (Å²) in [7, 11) is 0. The molecule has 136 valence electrons. The van der Waals surface area contributed by atoms with Crippen LogP contribution in [0.25, 0.3) is 15.9 Å².